The molecular weight excluding hydrogens is 334 g/mol. The number of halogens is 4. The molecule has 0 amide bonds. The van der Waals surface area contributed by atoms with E-state index in [1.165, 1.54) is 0 Å². The minimum Gasteiger partial charge on any atom is -0.475 e. The van der Waals surface area contributed by atoms with Crippen molar-refractivity contribution in [2.75, 3.05) is 19.7 Å². The van der Waals surface area contributed by atoms with Gasteiger partial charge in [0.05, 0.1) is 18.3 Å². The fraction of sp³-hybridized carbons (Fsp3) is 0.714. The molecular formula is C14H19F4N3OS. The predicted octanol–water partition coefficient (Wildman–Crippen LogP) is 4.05. The normalized spacial score (nSPS) is 16.7. The van der Waals surface area contributed by atoms with E-state index in [2.05, 4.69) is 8.75 Å². The average Bonchev–Trinajstić information content (AvgIpc) is 2.95. The van der Waals surface area contributed by atoms with E-state index < -0.39 is 18.9 Å². The van der Waals surface area contributed by atoms with Crippen LogP contribution in [0.2, 0.25) is 0 Å². The largest absolute Gasteiger partial charge is 0.475 e. The Kier molecular flexibility index (Phi) is 6.34. The Morgan fingerprint density at radius 2 is 2.13 bits per heavy atom. The van der Waals surface area contributed by atoms with Crippen LogP contribution in [-0.4, -0.2) is 45.8 Å². The van der Waals surface area contributed by atoms with Gasteiger partial charge in [-0.05, 0) is 12.0 Å². The molecule has 130 valence electrons. The zero-order valence-electron chi connectivity index (χ0n) is 12.8. The number of rotatable bonds is 8. The Hall–Kier alpha value is -1.22. The second-order valence-corrected chi connectivity index (χ2v) is 5.92. The summed E-state index contributed by atoms with van der Waals surface area (Å²) >= 11 is 0.878. The van der Waals surface area contributed by atoms with Crippen LogP contribution in [-0.2, 0) is 0 Å². The van der Waals surface area contributed by atoms with Gasteiger partial charge in [-0.1, -0.05) is 19.4 Å². The maximum Gasteiger partial charge on any atom is 0.295 e. The number of ether oxygens (including phenoxy) is 1. The van der Waals surface area contributed by atoms with Crippen molar-refractivity contribution in [1.82, 2.24) is 13.6 Å². The molecule has 1 aliphatic heterocycles. The monoisotopic (exact) mass is 353 g/mol. The molecule has 0 spiro atoms. The first-order chi connectivity index (χ1) is 10.9. The van der Waals surface area contributed by atoms with E-state index in [0.29, 0.717) is 24.1 Å². The Balaban J connectivity index is 1.96. The van der Waals surface area contributed by atoms with Crippen LogP contribution in [0.4, 0.5) is 17.6 Å². The third-order valence-electron chi connectivity index (χ3n) is 3.54. The summed E-state index contributed by atoms with van der Waals surface area (Å²) in [6, 6.07) is 0. The second-order valence-electron chi connectivity index (χ2n) is 5.39. The van der Waals surface area contributed by atoms with Crippen LogP contribution in [0, 0.1) is 0 Å². The molecule has 0 saturated heterocycles. The van der Waals surface area contributed by atoms with Crippen molar-refractivity contribution in [2.24, 2.45) is 0 Å². The lowest BCUT2D eigenvalue weighted by molar-refractivity contribution is -0.0273. The summed E-state index contributed by atoms with van der Waals surface area (Å²) < 4.78 is 65.8. The summed E-state index contributed by atoms with van der Waals surface area (Å²) in [6.45, 7) is -0.704. The minimum atomic E-state index is -2.77. The van der Waals surface area contributed by atoms with E-state index in [0.717, 1.165) is 16.6 Å². The highest BCUT2D eigenvalue weighted by Crippen LogP contribution is 2.30. The second kappa shape index (κ2) is 8.05. The fourth-order valence-electron chi connectivity index (χ4n) is 2.36. The van der Waals surface area contributed by atoms with Crippen molar-refractivity contribution in [3.05, 3.63) is 11.8 Å². The first-order valence-corrected chi connectivity index (χ1v) is 8.21. The van der Waals surface area contributed by atoms with Crippen molar-refractivity contribution in [3.63, 3.8) is 0 Å². The maximum absolute atomic E-state index is 13.4. The summed E-state index contributed by atoms with van der Waals surface area (Å²) in [4.78, 5) is 1.02. The number of hydrogen-bond donors (Lipinski definition) is 0. The molecule has 0 fully saturated rings. The molecule has 1 aromatic heterocycles. The van der Waals surface area contributed by atoms with E-state index in [1.807, 2.05) is 6.08 Å². The molecule has 0 N–H and O–H groups in total. The van der Waals surface area contributed by atoms with Gasteiger partial charge in [0.2, 0.25) is 0 Å². The van der Waals surface area contributed by atoms with Gasteiger partial charge in [-0.2, -0.15) is 13.2 Å². The van der Waals surface area contributed by atoms with E-state index in [4.69, 9.17) is 4.74 Å². The van der Waals surface area contributed by atoms with Gasteiger partial charge in [0.1, 0.15) is 5.69 Å². The molecule has 23 heavy (non-hydrogen) atoms. The van der Waals surface area contributed by atoms with E-state index in [-0.39, 0.29) is 32.0 Å². The zero-order chi connectivity index (χ0) is 16.9. The lowest BCUT2D eigenvalue weighted by Gasteiger charge is -2.25. The van der Waals surface area contributed by atoms with Crippen molar-refractivity contribution in [2.45, 2.75) is 45.1 Å². The molecule has 9 heteroatoms. The van der Waals surface area contributed by atoms with Gasteiger partial charge in [-0.25, -0.2) is 13.7 Å². The van der Waals surface area contributed by atoms with Crippen LogP contribution >= 0.6 is 11.7 Å². The van der Waals surface area contributed by atoms with Crippen LogP contribution in [0.5, 0.6) is 5.88 Å². The highest BCUT2D eigenvalue weighted by molar-refractivity contribution is 6.99. The average molecular weight is 353 g/mol. The first-order valence-electron chi connectivity index (χ1n) is 7.47. The highest BCUT2D eigenvalue weighted by Gasteiger charge is 2.28. The quantitative estimate of drug-likeness (QED) is 0.522. The van der Waals surface area contributed by atoms with Gasteiger partial charge in [-0.15, -0.1) is 4.37 Å². The van der Waals surface area contributed by atoms with E-state index in [1.54, 1.807) is 6.92 Å². The van der Waals surface area contributed by atoms with Gasteiger partial charge in [0, 0.05) is 25.9 Å². The van der Waals surface area contributed by atoms with Gasteiger partial charge >= 0.3 is 0 Å². The molecule has 0 radical (unpaired) electrons. The van der Waals surface area contributed by atoms with Crippen molar-refractivity contribution in [1.29, 1.82) is 0 Å². The molecule has 2 heterocycles. The number of aromatic nitrogens is 2. The summed E-state index contributed by atoms with van der Waals surface area (Å²) in [6.07, 6.45) is 2.10. The molecule has 2 rings (SSSR count). The lowest BCUT2D eigenvalue weighted by Crippen LogP contribution is -2.34. The molecule has 0 saturated carbocycles. The molecule has 1 aromatic rings. The van der Waals surface area contributed by atoms with Crippen LogP contribution in [0.1, 0.15) is 38.3 Å². The first kappa shape index (κ1) is 18.1. The summed E-state index contributed by atoms with van der Waals surface area (Å²) in [5, 5.41) is 0. The maximum atomic E-state index is 13.4. The fourth-order valence-corrected chi connectivity index (χ4v) is 2.90. The van der Waals surface area contributed by atoms with E-state index >= 15 is 0 Å². The van der Waals surface area contributed by atoms with Crippen LogP contribution < -0.4 is 4.74 Å². The smallest absolute Gasteiger partial charge is 0.295 e. The van der Waals surface area contributed by atoms with Crippen LogP contribution in [0.25, 0.3) is 5.57 Å². The third kappa shape index (κ3) is 5.13. The highest BCUT2D eigenvalue weighted by atomic mass is 32.1. The van der Waals surface area contributed by atoms with Gasteiger partial charge in [0.25, 0.3) is 18.4 Å². The molecule has 0 aliphatic carbocycles. The molecule has 1 aliphatic rings. The number of alkyl halides is 4. The Morgan fingerprint density at radius 1 is 1.35 bits per heavy atom. The van der Waals surface area contributed by atoms with Gasteiger partial charge in [0.15, 0.2) is 0 Å². The standard InChI is InChI=1S/C14H19F4N3OS/c1-2-5-14(17,18)6-8-22-12-11(19-23-20-12)10-4-3-7-21(9-10)13(15)16/h4,13H,2-3,5-9H2,1H3. The Bertz CT molecular complexity index is 536. The summed E-state index contributed by atoms with van der Waals surface area (Å²) in [7, 11) is 0. The van der Waals surface area contributed by atoms with Crippen molar-refractivity contribution < 1.29 is 22.3 Å². The predicted molar refractivity (Wildman–Crippen MR) is 80.0 cm³/mol. The Morgan fingerprint density at radius 3 is 2.83 bits per heavy atom. The van der Waals surface area contributed by atoms with Gasteiger partial charge in [-0.3, -0.25) is 0 Å². The van der Waals surface area contributed by atoms with Crippen molar-refractivity contribution in [3.8, 4) is 5.88 Å². The molecule has 0 atom stereocenters. The SMILES string of the molecule is CCCC(F)(F)CCOc1nsnc1C1=CCCN(C(F)F)C1. The summed E-state index contributed by atoms with van der Waals surface area (Å²) in [5.41, 5.74) is 0.972. The molecule has 0 aromatic carbocycles. The minimum absolute atomic E-state index is 0.0471. The molecule has 4 nitrogen and oxygen atoms in total. The Labute approximate surface area is 136 Å². The van der Waals surface area contributed by atoms with Crippen LogP contribution in [0.3, 0.4) is 0 Å². The molecule has 0 unspecified atom stereocenters. The molecule has 0 bridgehead atoms. The van der Waals surface area contributed by atoms with E-state index in [9.17, 15) is 17.6 Å². The van der Waals surface area contributed by atoms with Gasteiger partial charge < -0.3 is 4.74 Å². The topological polar surface area (TPSA) is 38.3 Å². The van der Waals surface area contributed by atoms with Crippen LogP contribution in [0.15, 0.2) is 6.08 Å². The number of nitrogens with zero attached hydrogens (tertiary/aromatic N) is 3. The van der Waals surface area contributed by atoms with Crippen molar-refractivity contribution >= 4 is 17.3 Å². The number of hydrogen-bond acceptors (Lipinski definition) is 5. The summed E-state index contributed by atoms with van der Waals surface area (Å²) in [5.74, 6) is -2.63. The lowest BCUT2D eigenvalue weighted by atomic mass is 10.1. The zero-order valence-corrected chi connectivity index (χ0v) is 13.6. The third-order valence-corrected chi connectivity index (χ3v) is 4.05.